The quantitative estimate of drug-likeness (QED) is 0.0276. The summed E-state index contributed by atoms with van der Waals surface area (Å²) in [6, 6.07) is 33.0. The number of rotatable bonds is 13. The first-order valence-electron chi connectivity index (χ1n) is 19.2. The molecule has 8 rings (SSSR count). The highest BCUT2D eigenvalue weighted by Gasteiger charge is 2.49. The number of imide groups is 4. The van der Waals surface area contributed by atoms with Crippen molar-refractivity contribution in [3.63, 3.8) is 0 Å². The van der Waals surface area contributed by atoms with E-state index in [1.807, 2.05) is 0 Å². The molecule has 2 saturated heterocycles. The summed E-state index contributed by atoms with van der Waals surface area (Å²) in [5.41, 5.74) is 0.213. The second kappa shape index (κ2) is 18.9. The number of hydrogen-bond acceptors (Lipinski definition) is 16. The van der Waals surface area contributed by atoms with E-state index < -0.39 is 62.8 Å². The molecular formula is C44H30N8O12S2. The molecule has 0 spiro atoms. The van der Waals surface area contributed by atoms with Crippen LogP contribution >= 0.6 is 12.0 Å². The molecule has 0 aliphatic carbocycles. The largest absolute Gasteiger partial charge is 0.342 e. The molecule has 2 aliphatic rings. The smallest absolute Gasteiger partial charge is 0.282 e. The lowest BCUT2D eigenvalue weighted by Gasteiger charge is -2.35. The molecule has 0 radical (unpaired) electrons. The first-order chi connectivity index (χ1) is 31.9. The topological polar surface area (TPSA) is 258 Å². The fourth-order valence-electron chi connectivity index (χ4n) is 6.91. The molecule has 22 heteroatoms. The van der Waals surface area contributed by atoms with E-state index in [9.17, 15) is 41.7 Å². The lowest BCUT2D eigenvalue weighted by molar-refractivity contribution is -0.432. The van der Waals surface area contributed by atoms with E-state index in [0.717, 1.165) is 25.7 Å². The Morgan fingerprint density at radius 1 is 0.485 bits per heavy atom. The van der Waals surface area contributed by atoms with Crippen LogP contribution in [0, 0.1) is 0 Å². The van der Waals surface area contributed by atoms with Crippen molar-refractivity contribution in [1.82, 2.24) is 0 Å². The fourth-order valence-corrected chi connectivity index (χ4v) is 8.17. The number of urea groups is 2. The highest BCUT2D eigenvalue weighted by atomic mass is 32.2. The molecule has 6 aromatic rings. The highest BCUT2D eigenvalue weighted by Crippen LogP contribution is 2.40. The number of nitrogens with zero attached hydrogens (tertiary/aromatic N) is 8. The molecule has 2 fully saturated rings. The van der Waals surface area contributed by atoms with Gasteiger partial charge in [0, 0.05) is 10.5 Å². The Kier molecular flexibility index (Phi) is 12.8. The lowest BCUT2D eigenvalue weighted by Crippen LogP contribution is -2.62. The molecule has 0 saturated carbocycles. The molecule has 0 aromatic heterocycles. The number of para-hydroxylation sites is 4. The van der Waals surface area contributed by atoms with Crippen LogP contribution in [0.25, 0.3) is 11.1 Å². The summed E-state index contributed by atoms with van der Waals surface area (Å²) in [6.45, 7) is 0. The van der Waals surface area contributed by atoms with Gasteiger partial charge in [0.05, 0.1) is 46.2 Å². The Morgan fingerprint density at radius 3 is 1.18 bits per heavy atom. The Hall–Kier alpha value is -8.12. The van der Waals surface area contributed by atoms with Gasteiger partial charge in [0.25, 0.3) is 33.7 Å². The zero-order valence-corrected chi connectivity index (χ0v) is 35.2. The number of anilines is 4. The Morgan fingerprint density at radius 2 is 0.833 bits per heavy atom. The normalized spacial score (nSPS) is 15.5. The first-order valence-corrected chi connectivity index (χ1v) is 21.4. The summed E-state index contributed by atoms with van der Waals surface area (Å²) < 4.78 is 41.0. The fraction of sp³-hybridized carbons (Fsp3) is 0.0455. The first kappa shape index (κ1) is 44.5. The molecule has 2 N–H and O–H groups in total. The van der Waals surface area contributed by atoms with Crippen LogP contribution in [0.2, 0.25) is 0 Å². The molecule has 2 aliphatic heterocycles. The Balaban J connectivity index is 1.12. The number of carbonyl (C=O) groups is 6. The molecule has 20 nitrogen and oxygen atoms in total. The van der Waals surface area contributed by atoms with Crippen LogP contribution in [0.5, 0.6) is 0 Å². The maximum Gasteiger partial charge on any atom is 0.342 e. The van der Waals surface area contributed by atoms with Crippen molar-refractivity contribution in [1.29, 1.82) is 0 Å². The number of azo groups is 2. The van der Waals surface area contributed by atoms with E-state index in [0.29, 0.717) is 12.0 Å². The zero-order valence-electron chi connectivity index (χ0n) is 33.5. The number of amides is 8. The summed E-state index contributed by atoms with van der Waals surface area (Å²) >= 11 is 0.365. The van der Waals surface area contributed by atoms with E-state index in [-0.39, 0.29) is 50.1 Å². The van der Waals surface area contributed by atoms with E-state index in [4.69, 9.17) is 5.26 Å². The minimum absolute atomic E-state index is 0.0156. The van der Waals surface area contributed by atoms with Gasteiger partial charge in [-0.05, 0) is 78.4 Å². The zero-order chi connectivity index (χ0) is 46.5. The van der Waals surface area contributed by atoms with Gasteiger partial charge >= 0.3 is 12.1 Å². The van der Waals surface area contributed by atoms with E-state index in [1.165, 1.54) is 78.9 Å². The lowest BCUT2D eigenvalue weighted by atomic mass is 10.0. The number of carbonyl (C=O) groups excluding carboxylic acids is 6. The van der Waals surface area contributed by atoms with Crippen LogP contribution in [0.15, 0.2) is 188 Å². The molecule has 0 unspecified atom stereocenters. The molecular weight excluding hydrogens is 897 g/mol. The Bertz CT molecular complexity index is 2930. The van der Waals surface area contributed by atoms with Crippen molar-refractivity contribution in [2.75, 3.05) is 19.6 Å². The molecule has 8 amide bonds. The van der Waals surface area contributed by atoms with Gasteiger partial charge in [-0.1, -0.05) is 90.0 Å². The molecule has 6 aromatic carbocycles. The van der Waals surface area contributed by atoms with Gasteiger partial charge in [0.15, 0.2) is 0 Å². The van der Waals surface area contributed by atoms with Crippen LogP contribution in [-0.4, -0.2) is 66.0 Å². The van der Waals surface area contributed by atoms with Crippen LogP contribution in [-0.2, 0) is 38.7 Å². The second-order valence-corrected chi connectivity index (χ2v) is 16.0. The number of barbiturate groups is 2. The predicted octanol–water partition coefficient (Wildman–Crippen LogP) is 8.33. The maximum absolute atomic E-state index is 13.8. The van der Waals surface area contributed by atoms with E-state index in [2.05, 4.69) is 29.8 Å². The third kappa shape index (κ3) is 8.85. The van der Waals surface area contributed by atoms with Gasteiger partial charge < -0.3 is 0 Å². The molecule has 0 atom stereocenters. The van der Waals surface area contributed by atoms with Crippen LogP contribution < -0.4 is 19.6 Å². The monoisotopic (exact) mass is 926 g/mol. The summed E-state index contributed by atoms with van der Waals surface area (Å²) in [4.78, 5) is 84.7. The van der Waals surface area contributed by atoms with Gasteiger partial charge in [-0.2, -0.15) is 28.9 Å². The second-order valence-electron chi connectivity index (χ2n) is 13.9. The van der Waals surface area contributed by atoms with Crippen LogP contribution in [0.4, 0.5) is 43.7 Å². The summed E-state index contributed by atoms with van der Waals surface area (Å²) in [6.07, 6.45) is 0. The van der Waals surface area contributed by atoms with Crippen molar-refractivity contribution in [3.8, 4) is 11.1 Å². The van der Waals surface area contributed by atoms with Crippen molar-refractivity contribution in [2.45, 2.75) is 21.9 Å². The average molecular weight is 927 g/mol. The Labute approximate surface area is 377 Å². The minimum atomic E-state index is -5.09. The molecule has 2 heterocycles. The van der Waals surface area contributed by atoms with Gasteiger partial charge in [0.2, 0.25) is 12.1 Å². The number of benzene rings is 6. The van der Waals surface area contributed by atoms with Crippen molar-refractivity contribution < 1.29 is 56.4 Å². The van der Waals surface area contributed by atoms with Crippen LogP contribution in [0.3, 0.4) is 0 Å². The third-order valence-electron chi connectivity index (χ3n) is 9.87. The summed E-state index contributed by atoms with van der Waals surface area (Å²) in [7, 11) is -5.09. The standard InChI is InChI=1S/C44H30N8O12S2/c53-39-37(40(54)50(30-15-7-2-8-16-30)43(57)49(39)29-13-5-1-6-14-29)47-45-27-21-23-33(35(25-27)65-64-63-59)34-24-22-28(26-36(34)66(60,61)62)46-48-38-41(55)51(31-17-9-3-10-18-31)44(58)52(42(38)56)32-19-11-4-12-20-32/h1-26,37-38,59H,(H,60,61,62). The van der Waals surface area contributed by atoms with Crippen LogP contribution in [0.1, 0.15) is 0 Å². The highest BCUT2D eigenvalue weighted by molar-refractivity contribution is 7.94. The van der Waals surface area contributed by atoms with E-state index >= 15 is 0 Å². The van der Waals surface area contributed by atoms with Gasteiger partial charge in [-0.25, -0.2) is 34.4 Å². The molecule has 66 heavy (non-hydrogen) atoms. The SMILES string of the molecule is O=C1C(N=Nc2ccc(-c3ccc(N=NC4C(=O)N(c5ccccc5)C(=O)N(c5ccccc5)C4=O)cc3S(=O)(=O)O)c(SOOO)c2)C(=O)N(c2ccccc2)C(=O)N1c1ccccc1. The number of hydrogen-bond donors (Lipinski definition) is 2. The molecule has 0 bridgehead atoms. The average Bonchev–Trinajstić information content (AvgIpc) is 3.32. The summed E-state index contributed by atoms with van der Waals surface area (Å²) in [5, 5.41) is 28.9. The predicted molar refractivity (Wildman–Crippen MR) is 235 cm³/mol. The van der Waals surface area contributed by atoms with Gasteiger partial charge in [-0.15, -0.1) is 4.33 Å². The third-order valence-corrected chi connectivity index (χ3v) is 11.4. The summed E-state index contributed by atoms with van der Waals surface area (Å²) in [5.74, 6) is -4.04. The van der Waals surface area contributed by atoms with Gasteiger partial charge in [-0.3, -0.25) is 23.7 Å². The van der Waals surface area contributed by atoms with Crippen molar-refractivity contribution in [2.24, 2.45) is 20.5 Å². The minimum Gasteiger partial charge on any atom is -0.282 e. The van der Waals surface area contributed by atoms with E-state index in [1.54, 1.807) is 72.8 Å². The molecule has 330 valence electrons. The maximum atomic E-state index is 13.8. The van der Waals surface area contributed by atoms with Crippen molar-refractivity contribution >= 4 is 92.0 Å². The van der Waals surface area contributed by atoms with Crippen molar-refractivity contribution in [3.05, 3.63) is 158 Å². The van der Waals surface area contributed by atoms with Gasteiger partial charge in [0.1, 0.15) is 4.90 Å².